The lowest BCUT2D eigenvalue weighted by Gasteiger charge is -2.24. The maximum atomic E-state index is 12.6. The Hall–Kier alpha value is -1.56. The number of sulfonamides is 1. The first-order chi connectivity index (χ1) is 13.8. The molecule has 1 amide bonds. The average Bonchev–Trinajstić information content (AvgIpc) is 3.31. The van der Waals surface area contributed by atoms with E-state index < -0.39 is 10.0 Å². The van der Waals surface area contributed by atoms with Crippen molar-refractivity contribution in [2.24, 2.45) is 0 Å². The molecule has 0 spiro atoms. The molecule has 0 saturated carbocycles. The molecule has 3 heterocycles. The highest BCUT2D eigenvalue weighted by Gasteiger charge is 2.28. The van der Waals surface area contributed by atoms with Gasteiger partial charge in [0, 0.05) is 17.9 Å². The summed E-state index contributed by atoms with van der Waals surface area (Å²) >= 11 is 14.2. The number of fused-ring (bicyclic) bond motifs is 1. The Bertz CT molecular complexity index is 1160. The Morgan fingerprint density at radius 1 is 1.31 bits per heavy atom. The Kier molecular flexibility index (Phi) is 5.92. The molecule has 3 aromatic heterocycles. The number of nitrogens with one attached hydrogen (secondary N) is 2. The van der Waals surface area contributed by atoms with Crippen LogP contribution in [0.3, 0.4) is 0 Å². The van der Waals surface area contributed by atoms with Crippen molar-refractivity contribution in [1.29, 1.82) is 0 Å². The monoisotopic (exact) mass is 488 g/mol. The van der Waals surface area contributed by atoms with Crippen LogP contribution in [-0.2, 0) is 22.9 Å². The highest BCUT2D eigenvalue weighted by atomic mass is 35.5. The molecule has 0 bridgehead atoms. The van der Waals surface area contributed by atoms with Gasteiger partial charge in [0.05, 0.1) is 9.21 Å². The summed E-state index contributed by atoms with van der Waals surface area (Å²) in [4.78, 5) is 21.3. The minimum atomic E-state index is -3.77. The number of aryl methyl sites for hydroxylation is 1. The molecule has 1 atom stereocenters. The lowest BCUT2D eigenvalue weighted by molar-refractivity contribution is 0.102. The van der Waals surface area contributed by atoms with Crippen molar-refractivity contribution in [1.82, 2.24) is 14.7 Å². The predicted molar refractivity (Wildman–Crippen MR) is 115 cm³/mol. The summed E-state index contributed by atoms with van der Waals surface area (Å²) in [7, 11) is -3.77. The van der Waals surface area contributed by atoms with Crippen LogP contribution in [-0.4, -0.2) is 30.3 Å². The summed E-state index contributed by atoms with van der Waals surface area (Å²) in [6.07, 6.45) is 3.20. The molecule has 2 N–H and O–H groups in total. The first-order valence-corrected chi connectivity index (χ1v) is 12.4. The number of halogens is 2. The highest BCUT2D eigenvalue weighted by Crippen LogP contribution is 2.34. The summed E-state index contributed by atoms with van der Waals surface area (Å²) in [5, 5.41) is 4.51. The SMILES string of the molecule is O=C(Nc1ncc2c(n1)CCC(NS(=O)(=O)c1cc(Cl)sc1Cl)C2)c1cccs1. The number of thiophene rings is 2. The van der Waals surface area contributed by atoms with Gasteiger partial charge in [0.15, 0.2) is 0 Å². The van der Waals surface area contributed by atoms with Crippen LogP contribution >= 0.6 is 45.9 Å². The molecule has 3 aromatic rings. The molecule has 0 aliphatic heterocycles. The normalized spacial score (nSPS) is 16.4. The molecule has 12 heteroatoms. The third-order valence-corrected chi connectivity index (χ3v) is 8.50. The van der Waals surface area contributed by atoms with Crippen molar-refractivity contribution in [2.45, 2.75) is 30.2 Å². The van der Waals surface area contributed by atoms with E-state index >= 15 is 0 Å². The van der Waals surface area contributed by atoms with Crippen molar-refractivity contribution in [3.05, 3.63) is 54.6 Å². The summed E-state index contributed by atoms with van der Waals surface area (Å²) in [6, 6.07) is 4.56. The molecule has 1 aliphatic carbocycles. The zero-order chi connectivity index (χ0) is 20.6. The maximum absolute atomic E-state index is 12.6. The largest absolute Gasteiger partial charge is 0.290 e. The molecule has 0 saturated heterocycles. The van der Waals surface area contributed by atoms with E-state index in [1.807, 2.05) is 5.38 Å². The van der Waals surface area contributed by atoms with Crippen molar-refractivity contribution >= 4 is 67.8 Å². The molecule has 0 radical (unpaired) electrons. The van der Waals surface area contributed by atoms with E-state index in [4.69, 9.17) is 23.2 Å². The quantitative estimate of drug-likeness (QED) is 0.565. The second-order valence-electron chi connectivity index (χ2n) is 6.35. The molecular formula is C17H14Cl2N4O3S3. The van der Waals surface area contributed by atoms with E-state index in [0.717, 1.165) is 22.6 Å². The number of hydrogen-bond acceptors (Lipinski definition) is 7. The first kappa shape index (κ1) is 20.7. The van der Waals surface area contributed by atoms with E-state index in [1.165, 1.54) is 17.4 Å². The van der Waals surface area contributed by atoms with E-state index in [-0.39, 0.29) is 27.1 Å². The third-order valence-electron chi connectivity index (χ3n) is 4.36. The lowest BCUT2D eigenvalue weighted by atomic mass is 9.94. The summed E-state index contributed by atoms with van der Waals surface area (Å²) in [5.41, 5.74) is 1.64. The summed E-state index contributed by atoms with van der Waals surface area (Å²) in [6.45, 7) is 0. The van der Waals surface area contributed by atoms with E-state index in [2.05, 4.69) is 20.0 Å². The van der Waals surface area contributed by atoms with Crippen LogP contribution in [0.1, 0.15) is 27.3 Å². The van der Waals surface area contributed by atoms with Crippen LogP contribution in [0.25, 0.3) is 0 Å². The molecule has 4 rings (SSSR count). The Morgan fingerprint density at radius 2 is 2.14 bits per heavy atom. The van der Waals surface area contributed by atoms with E-state index in [1.54, 1.807) is 18.3 Å². The first-order valence-electron chi connectivity index (χ1n) is 8.48. The topological polar surface area (TPSA) is 101 Å². The minimum Gasteiger partial charge on any atom is -0.290 e. The van der Waals surface area contributed by atoms with Gasteiger partial charge in [0.25, 0.3) is 5.91 Å². The Morgan fingerprint density at radius 3 is 2.83 bits per heavy atom. The average molecular weight is 489 g/mol. The van der Waals surface area contributed by atoms with Gasteiger partial charge >= 0.3 is 0 Å². The molecule has 152 valence electrons. The van der Waals surface area contributed by atoms with Gasteiger partial charge in [-0.05, 0) is 42.3 Å². The molecule has 1 aliphatic rings. The van der Waals surface area contributed by atoms with Crippen LogP contribution in [0.4, 0.5) is 5.95 Å². The van der Waals surface area contributed by atoms with Crippen LogP contribution < -0.4 is 10.0 Å². The van der Waals surface area contributed by atoms with Gasteiger partial charge in [0.1, 0.15) is 9.23 Å². The number of nitrogens with zero attached hydrogens (tertiary/aromatic N) is 2. The van der Waals surface area contributed by atoms with Crippen LogP contribution in [0.15, 0.2) is 34.7 Å². The Labute approximate surface area is 185 Å². The summed E-state index contributed by atoms with van der Waals surface area (Å²) in [5.74, 6) is -0.0198. The second kappa shape index (κ2) is 8.29. The fraction of sp³-hybridized carbons (Fsp3) is 0.235. The van der Waals surface area contributed by atoms with Crippen LogP contribution in [0, 0.1) is 0 Å². The summed E-state index contributed by atoms with van der Waals surface area (Å²) < 4.78 is 28.3. The van der Waals surface area contributed by atoms with Crippen molar-refractivity contribution in [3.63, 3.8) is 0 Å². The van der Waals surface area contributed by atoms with E-state index in [9.17, 15) is 13.2 Å². The van der Waals surface area contributed by atoms with Gasteiger partial charge < -0.3 is 0 Å². The zero-order valence-electron chi connectivity index (χ0n) is 14.7. The van der Waals surface area contributed by atoms with Crippen LogP contribution in [0.5, 0.6) is 0 Å². The van der Waals surface area contributed by atoms with E-state index in [0.29, 0.717) is 28.5 Å². The van der Waals surface area contributed by atoms with Gasteiger partial charge in [-0.2, -0.15) is 0 Å². The standard InChI is InChI=1S/C17H14Cl2N4O3S3/c18-14-7-13(15(19)28-14)29(25,26)23-10-3-4-11-9(6-10)8-20-17(21-11)22-16(24)12-2-1-5-27-12/h1-2,5,7-8,10,23H,3-4,6H2,(H,20,21,22,24). The molecule has 7 nitrogen and oxygen atoms in total. The third kappa shape index (κ3) is 4.62. The molecule has 29 heavy (non-hydrogen) atoms. The number of carbonyl (C=O) groups is 1. The number of rotatable bonds is 5. The minimum absolute atomic E-state index is 0.0112. The fourth-order valence-corrected chi connectivity index (χ4v) is 7.07. The predicted octanol–water partition coefficient (Wildman–Crippen LogP) is 3.99. The van der Waals surface area contributed by atoms with Crippen molar-refractivity contribution in [3.8, 4) is 0 Å². The van der Waals surface area contributed by atoms with Gasteiger partial charge in [-0.1, -0.05) is 29.3 Å². The maximum Gasteiger partial charge on any atom is 0.268 e. The number of amides is 1. The van der Waals surface area contributed by atoms with Gasteiger partial charge in [-0.3, -0.25) is 10.1 Å². The fourth-order valence-electron chi connectivity index (χ4n) is 3.03. The zero-order valence-corrected chi connectivity index (χ0v) is 18.6. The molecule has 0 fully saturated rings. The number of aromatic nitrogens is 2. The number of hydrogen-bond donors (Lipinski definition) is 2. The smallest absolute Gasteiger partial charge is 0.268 e. The van der Waals surface area contributed by atoms with Gasteiger partial charge in [0.2, 0.25) is 16.0 Å². The molecule has 0 aromatic carbocycles. The van der Waals surface area contributed by atoms with Crippen LogP contribution in [0.2, 0.25) is 8.67 Å². The highest BCUT2D eigenvalue weighted by molar-refractivity contribution is 7.89. The molecule has 1 unspecified atom stereocenters. The number of carbonyl (C=O) groups excluding carboxylic acids is 1. The van der Waals surface area contributed by atoms with Gasteiger partial charge in [-0.25, -0.2) is 23.1 Å². The van der Waals surface area contributed by atoms with Crippen molar-refractivity contribution in [2.75, 3.05) is 5.32 Å². The molecular weight excluding hydrogens is 475 g/mol. The van der Waals surface area contributed by atoms with Crippen molar-refractivity contribution < 1.29 is 13.2 Å². The Balaban J connectivity index is 1.45. The number of anilines is 1. The lowest BCUT2D eigenvalue weighted by Crippen LogP contribution is -2.39. The second-order valence-corrected chi connectivity index (χ2v) is 11.3. The van der Waals surface area contributed by atoms with Gasteiger partial charge in [-0.15, -0.1) is 22.7 Å².